The number of aromatic nitrogens is 1. The number of anilines is 1. The van der Waals surface area contributed by atoms with E-state index >= 15 is 0 Å². The number of rotatable bonds is 6. The van der Waals surface area contributed by atoms with Gasteiger partial charge >= 0.3 is 0 Å². The minimum atomic E-state index is 0.409. The Hall–Kier alpha value is -0.770. The summed E-state index contributed by atoms with van der Waals surface area (Å²) in [4.78, 5) is 6.65. The highest BCUT2D eigenvalue weighted by Gasteiger charge is 2.15. The van der Waals surface area contributed by atoms with E-state index < -0.39 is 0 Å². The highest BCUT2D eigenvalue weighted by molar-refractivity contribution is 9.09. The zero-order valence-electron chi connectivity index (χ0n) is 10.1. The smallest absolute Gasteiger partial charge is 0.171 e. The molecule has 0 fully saturated rings. The minimum absolute atomic E-state index is 0.409. The maximum Gasteiger partial charge on any atom is 0.171 e. The predicted molar refractivity (Wildman–Crippen MR) is 71.7 cm³/mol. The second-order valence-corrected chi connectivity index (χ2v) is 4.53. The van der Waals surface area contributed by atoms with Crippen LogP contribution in [0.3, 0.4) is 0 Å². The van der Waals surface area contributed by atoms with E-state index in [2.05, 4.69) is 39.7 Å². The number of alkyl halides is 1. The maximum atomic E-state index is 5.59. The van der Waals surface area contributed by atoms with Crippen LogP contribution < -0.4 is 9.64 Å². The van der Waals surface area contributed by atoms with Crippen molar-refractivity contribution in [2.24, 2.45) is 0 Å². The lowest BCUT2D eigenvalue weighted by Gasteiger charge is -2.28. The number of ether oxygens (including phenoxy) is 1. The molecule has 16 heavy (non-hydrogen) atoms. The Balaban J connectivity index is 2.97. The Labute approximate surface area is 106 Å². The zero-order chi connectivity index (χ0) is 12.0. The van der Waals surface area contributed by atoms with E-state index in [-0.39, 0.29) is 0 Å². The Kier molecular flexibility index (Phi) is 5.60. The van der Waals surface area contributed by atoms with Crippen LogP contribution in [-0.2, 0) is 0 Å². The molecule has 4 heteroatoms. The number of pyridine rings is 1. The van der Waals surface area contributed by atoms with Crippen LogP contribution in [0.4, 0.5) is 5.82 Å². The SMILES string of the molecule is CCOc1cccnc1N(CCBr)C(C)C. The van der Waals surface area contributed by atoms with E-state index in [1.165, 1.54) is 0 Å². The molecule has 0 bridgehead atoms. The first-order chi connectivity index (χ1) is 7.70. The molecule has 0 N–H and O–H groups in total. The third kappa shape index (κ3) is 3.37. The molecule has 1 heterocycles. The molecule has 0 aliphatic heterocycles. The molecule has 3 nitrogen and oxygen atoms in total. The van der Waals surface area contributed by atoms with Gasteiger partial charge in [0.05, 0.1) is 6.61 Å². The van der Waals surface area contributed by atoms with Crippen LogP contribution in [0.2, 0.25) is 0 Å². The summed E-state index contributed by atoms with van der Waals surface area (Å²) in [5.41, 5.74) is 0. The van der Waals surface area contributed by atoms with E-state index in [9.17, 15) is 0 Å². The van der Waals surface area contributed by atoms with Crippen molar-refractivity contribution in [3.8, 4) is 5.75 Å². The van der Waals surface area contributed by atoms with Crippen LogP contribution in [0.5, 0.6) is 5.75 Å². The van der Waals surface area contributed by atoms with Crippen molar-refractivity contribution < 1.29 is 4.74 Å². The molecule has 90 valence electrons. The minimum Gasteiger partial charge on any atom is -0.490 e. The van der Waals surface area contributed by atoms with Crippen molar-refractivity contribution in [2.45, 2.75) is 26.8 Å². The quantitative estimate of drug-likeness (QED) is 0.752. The van der Waals surface area contributed by atoms with E-state index in [0.29, 0.717) is 12.6 Å². The van der Waals surface area contributed by atoms with Gasteiger partial charge in [0.25, 0.3) is 0 Å². The van der Waals surface area contributed by atoms with Gasteiger partial charge in [0, 0.05) is 24.1 Å². The molecule has 1 rings (SSSR count). The van der Waals surface area contributed by atoms with E-state index in [1.54, 1.807) is 0 Å². The van der Waals surface area contributed by atoms with Gasteiger partial charge in [0.1, 0.15) is 0 Å². The van der Waals surface area contributed by atoms with Crippen LogP contribution in [0, 0.1) is 0 Å². The number of hydrogen-bond acceptors (Lipinski definition) is 3. The fourth-order valence-electron chi connectivity index (χ4n) is 1.57. The second-order valence-electron chi connectivity index (χ2n) is 3.73. The Morgan fingerprint density at radius 3 is 2.81 bits per heavy atom. The average Bonchev–Trinajstić information content (AvgIpc) is 2.27. The van der Waals surface area contributed by atoms with Gasteiger partial charge in [-0.25, -0.2) is 4.98 Å². The van der Waals surface area contributed by atoms with Gasteiger partial charge in [-0.3, -0.25) is 0 Å². The summed E-state index contributed by atoms with van der Waals surface area (Å²) in [6.07, 6.45) is 1.81. The standard InChI is InChI=1S/C12H19BrN2O/c1-4-16-11-6-5-8-14-12(11)15(9-7-13)10(2)3/h5-6,8,10H,4,7,9H2,1-3H3. The molecule has 0 radical (unpaired) electrons. The lowest BCUT2D eigenvalue weighted by molar-refractivity contribution is 0.338. The molecule has 0 aliphatic carbocycles. The third-order valence-electron chi connectivity index (χ3n) is 2.27. The first kappa shape index (κ1) is 13.3. The van der Waals surface area contributed by atoms with E-state index in [0.717, 1.165) is 23.4 Å². The fraction of sp³-hybridized carbons (Fsp3) is 0.583. The Morgan fingerprint density at radius 1 is 1.50 bits per heavy atom. The van der Waals surface area contributed by atoms with Crippen LogP contribution in [0.1, 0.15) is 20.8 Å². The summed E-state index contributed by atoms with van der Waals surface area (Å²) in [7, 11) is 0. The summed E-state index contributed by atoms with van der Waals surface area (Å²) >= 11 is 3.47. The highest BCUT2D eigenvalue weighted by Crippen LogP contribution is 2.26. The van der Waals surface area contributed by atoms with Crippen LogP contribution in [0.25, 0.3) is 0 Å². The first-order valence-electron chi connectivity index (χ1n) is 5.61. The average molecular weight is 287 g/mol. The molecular formula is C12H19BrN2O. The topological polar surface area (TPSA) is 25.4 Å². The van der Waals surface area contributed by atoms with Crippen molar-refractivity contribution >= 4 is 21.7 Å². The van der Waals surface area contributed by atoms with Crippen LogP contribution in [-0.4, -0.2) is 29.5 Å². The highest BCUT2D eigenvalue weighted by atomic mass is 79.9. The summed E-state index contributed by atoms with van der Waals surface area (Å²) in [5.74, 6) is 1.79. The van der Waals surface area contributed by atoms with Gasteiger partial charge in [-0.2, -0.15) is 0 Å². The van der Waals surface area contributed by atoms with Gasteiger partial charge in [-0.15, -0.1) is 0 Å². The summed E-state index contributed by atoms with van der Waals surface area (Å²) in [6.45, 7) is 7.90. The number of nitrogens with zero attached hydrogens (tertiary/aromatic N) is 2. The molecule has 0 unspecified atom stereocenters. The zero-order valence-corrected chi connectivity index (χ0v) is 11.7. The largest absolute Gasteiger partial charge is 0.490 e. The molecule has 0 spiro atoms. The molecule has 0 aliphatic rings. The molecule has 0 saturated heterocycles. The summed E-state index contributed by atoms with van der Waals surface area (Å²) in [5, 5.41) is 0.924. The summed E-state index contributed by atoms with van der Waals surface area (Å²) in [6, 6.07) is 4.28. The first-order valence-corrected chi connectivity index (χ1v) is 6.73. The Bertz CT molecular complexity index is 318. The van der Waals surface area contributed by atoms with E-state index in [4.69, 9.17) is 4.74 Å². The fourth-order valence-corrected chi connectivity index (χ4v) is 1.95. The van der Waals surface area contributed by atoms with Gasteiger partial charge in [0.2, 0.25) is 0 Å². The lowest BCUT2D eigenvalue weighted by atomic mass is 10.3. The molecule has 0 atom stereocenters. The maximum absolute atomic E-state index is 5.59. The predicted octanol–water partition coefficient (Wildman–Crippen LogP) is 3.09. The van der Waals surface area contributed by atoms with Crippen molar-refractivity contribution in [1.29, 1.82) is 0 Å². The second kappa shape index (κ2) is 6.74. The Morgan fingerprint density at radius 2 is 2.25 bits per heavy atom. The molecule has 0 saturated carbocycles. The summed E-state index contributed by atoms with van der Waals surface area (Å²) < 4.78 is 5.59. The third-order valence-corrected chi connectivity index (χ3v) is 2.63. The van der Waals surface area contributed by atoms with Gasteiger partial charge in [-0.05, 0) is 32.9 Å². The number of hydrogen-bond donors (Lipinski definition) is 0. The van der Waals surface area contributed by atoms with Crippen molar-refractivity contribution in [1.82, 2.24) is 4.98 Å². The van der Waals surface area contributed by atoms with Crippen LogP contribution >= 0.6 is 15.9 Å². The van der Waals surface area contributed by atoms with Crippen molar-refractivity contribution in [3.63, 3.8) is 0 Å². The van der Waals surface area contributed by atoms with Gasteiger partial charge in [-0.1, -0.05) is 15.9 Å². The molecule has 1 aromatic rings. The van der Waals surface area contributed by atoms with Gasteiger partial charge in [0.15, 0.2) is 11.6 Å². The molecular weight excluding hydrogens is 268 g/mol. The van der Waals surface area contributed by atoms with Crippen LogP contribution in [0.15, 0.2) is 18.3 Å². The normalized spacial score (nSPS) is 10.6. The van der Waals surface area contributed by atoms with Crippen molar-refractivity contribution in [2.75, 3.05) is 23.4 Å². The molecule has 0 amide bonds. The molecule has 1 aromatic heterocycles. The monoisotopic (exact) mass is 286 g/mol. The lowest BCUT2D eigenvalue weighted by Crippen LogP contribution is -2.33. The van der Waals surface area contributed by atoms with Crippen molar-refractivity contribution in [3.05, 3.63) is 18.3 Å². The number of halogens is 1. The molecule has 0 aromatic carbocycles. The van der Waals surface area contributed by atoms with Gasteiger partial charge < -0.3 is 9.64 Å². The van der Waals surface area contributed by atoms with E-state index in [1.807, 2.05) is 25.3 Å².